The van der Waals surface area contributed by atoms with Crippen molar-refractivity contribution in [2.24, 2.45) is 0 Å². The maximum atomic E-state index is 9.65. The van der Waals surface area contributed by atoms with Gasteiger partial charge in [-0.2, -0.15) is 12.6 Å². The molecule has 2 unspecified atom stereocenters. The molecule has 0 aliphatic heterocycles. The average molecular weight is 214 g/mol. The third kappa shape index (κ3) is 2.94. The highest BCUT2D eigenvalue weighted by molar-refractivity contribution is 7.80. The summed E-state index contributed by atoms with van der Waals surface area (Å²) in [4.78, 5) is 7.88. The maximum absolute atomic E-state index is 9.65. The quantitative estimate of drug-likeness (QED) is 0.639. The highest BCUT2D eigenvalue weighted by atomic mass is 32.1. The molecule has 1 heterocycles. The first-order valence-electron chi connectivity index (χ1n) is 4.40. The summed E-state index contributed by atoms with van der Waals surface area (Å²) < 4.78 is 0. The fraction of sp³-hybridized carbons (Fsp3) is 0.556. The van der Waals surface area contributed by atoms with Gasteiger partial charge in [-0.1, -0.05) is 0 Å². The van der Waals surface area contributed by atoms with Crippen LogP contribution in [0.1, 0.15) is 23.9 Å². The van der Waals surface area contributed by atoms with Crippen LogP contribution in [0.4, 0.5) is 0 Å². The third-order valence-electron chi connectivity index (χ3n) is 1.93. The zero-order chi connectivity index (χ0) is 10.6. The van der Waals surface area contributed by atoms with Crippen molar-refractivity contribution in [2.45, 2.75) is 25.6 Å². The second kappa shape index (κ2) is 5.29. The highest BCUT2D eigenvalue weighted by Gasteiger charge is 2.17. The number of hydrogen-bond donors (Lipinski definition) is 3. The molecule has 0 aromatic carbocycles. The predicted octanol–water partition coefficient (Wildman–Crippen LogP) is 0.499. The van der Waals surface area contributed by atoms with Gasteiger partial charge in [0.25, 0.3) is 0 Å². The Balaban J connectivity index is 2.68. The molecule has 0 saturated carbocycles. The standard InChI is InChI=1S/C9H14N2O2S/c1-6-10-4-7(5-11-6)9(13)8(12)2-3-14/h4-5,8-9,12-14H,2-3H2,1H3. The van der Waals surface area contributed by atoms with Gasteiger partial charge in [0.15, 0.2) is 0 Å². The van der Waals surface area contributed by atoms with Gasteiger partial charge in [0.05, 0.1) is 6.10 Å². The van der Waals surface area contributed by atoms with Gasteiger partial charge < -0.3 is 10.2 Å². The van der Waals surface area contributed by atoms with E-state index in [0.29, 0.717) is 23.6 Å². The molecular weight excluding hydrogens is 200 g/mol. The Kier molecular flexibility index (Phi) is 4.31. The fourth-order valence-electron chi connectivity index (χ4n) is 1.07. The number of aliphatic hydroxyl groups excluding tert-OH is 2. The SMILES string of the molecule is Cc1ncc(C(O)C(O)CCS)cn1. The van der Waals surface area contributed by atoms with E-state index in [9.17, 15) is 10.2 Å². The molecule has 0 fully saturated rings. The summed E-state index contributed by atoms with van der Waals surface area (Å²) in [6.45, 7) is 1.76. The first kappa shape index (κ1) is 11.4. The van der Waals surface area contributed by atoms with E-state index in [0.717, 1.165) is 0 Å². The molecule has 0 amide bonds. The molecule has 2 atom stereocenters. The molecule has 1 aromatic heterocycles. The topological polar surface area (TPSA) is 66.2 Å². The lowest BCUT2D eigenvalue weighted by Crippen LogP contribution is -2.19. The van der Waals surface area contributed by atoms with Crippen molar-refractivity contribution in [3.63, 3.8) is 0 Å². The summed E-state index contributed by atoms with van der Waals surface area (Å²) in [6.07, 6.45) is 1.75. The first-order chi connectivity index (χ1) is 6.65. The minimum atomic E-state index is -0.928. The van der Waals surface area contributed by atoms with Gasteiger partial charge in [0, 0.05) is 18.0 Å². The van der Waals surface area contributed by atoms with Gasteiger partial charge >= 0.3 is 0 Å². The number of aliphatic hydroxyl groups is 2. The number of nitrogens with zero attached hydrogens (tertiary/aromatic N) is 2. The van der Waals surface area contributed by atoms with E-state index < -0.39 is 12.2 Å². The molecule has 2 N–H and O–H groups in total. The largest absolute Gasteiger partial charge is 0.390 e. The van der Waals surface area contributed by atoms with Crippen LogP contribution in [0.5, 0.6) is 0 Å². The Bertz CT molecular complexity index is 279. The molecular formula is C9H14N2O2S. The number of rotatable bonds is 4. The van der Waals surface area contributed by atoms with Crippen LogP contribution in [0.15, 0.2) is 12.4 Å². The van der Waals surface area contributed by atoms with Crippen LogP contribution >= 0.6 is 12.6 Å². The lowest BCUT2D eigenvalue weighted by Gasteiger charge is -2.16. The summed E-state index contributed by atoms with van der Waals surface area (Å²) in [5.74, 6) is 1.18. The molecule has 0 bridgehead atoms. The van der Waals surface area contributed by atoms with Gasteiger partial charge in [-0.3, -0.25) is 0 Å². The van der Waals surface area contributed by atoms with Crippen molar-refractivity contribution in [1.29, 1.82) is 0 Å². The summed E-state index contributed by atoms with van der Waals surface area (Å²) in [5, 5.41) is 19.1. The number of thiol groups is 1. The monoisotopic (exact) mass is 214 g/mol. The van der Waals surface area contributed by atoms with E-state index in [4.69, 9.17) is 0 Å². The van der Waals surface area contributed by atoms with Crippen LogP contribution < -0.4 is 0 Å². The van der Waals surface area contributed by atoms with E-state index in [1.807, 2.05) is 0 Å². The highest BCUT2D eigenvalue weighted by Crippen LogP contribution is 2.17. The molecule has 0 aliphatic rings. The van der Waals surface area contributed by atoms with Crippen molar-refractivity contribution >= 4 is 12.6 Å². The molecule has 1 aromatic rings. The van der Waals surface area contributed by atoms with Gasteiger partial charge in [-0.25, -0.2) is 9.97 Å². The smallest absolute Gasteiger partial charge is 0.125 e. The number of hydrogen-bond acceptors (Lipinski definition) is 5. The molecule has 4 nitrogen and oxygen atoms in total. The van der Waals surface area contributed by atoms with Crippen LogP contribution in [0.3, 0.4) is 0 Å². The average Bonchev–Trinajstić information content (AvgIpc) is 2.18. The zero-order valence-electron chi connectivity index (χ0n) is 7.96. The fourth-order valence-corrected chi connectivity index (χ4v) is 1.33. The van der Waals surface area contributed by atoms with Crippen LogP contribution in [0, 0.1) is 6.92 Å². The van der Waals surface area contributed by atoms with E-state index in [1.54, 1.807) is 6.92 Å². The molecule has 0 aliphatic carbocycles. The molecule has 0 spiro atoms. The Morgan fingerprint density at radius 1 is 1.36 bits per heavy atom. The molecule has 1 rings (SSSR count). The Morgan fingerprint density at radius 3 is 2.43 bits per heavy atom. The van der Waals surface area contributed by atoms with Crippen LogP contribution in [0.2, 0.25) is 0 Å². The van der Waals surface area contributed by atoms with Crippen molar-refractivity contribution in [2.75, 3.05) is 5.75 Å². The minimum Gasteiger partial charge on any atom is -0.390 e. The lowest BCUT2D eigenvalue weighted by atomic mass is 10.1. The number of aromatic nitrogens is 2. The Morgan fingerprint density at radius 2 is 1.93 bits per heavy atom. The summed E-state index contributed by atoms with van der Waals surface area (Å²) in [7, 11) is 0. The van der Waals surface area contributed by atoms with E-state index in [2.05, 4.69) is 22.6 Å². The molecule has 78 valence electrons. The normalized spacial score (nSPS) is 15.1. The maximum Gasteiger partial charge on any atom is 0.125 e. The van der Waals surface area contributed by atoms with Crippen LogP contribution in [-0.2, 0) is 0 Å². The van der Waals surface area contributed by atoms with Gasteiger partial charge in [0.2, 0.25) is 0 Å². The van der Waals surface area contributed by atoms with Crippen molar-refractivity contribution in [1.82, 2.24) is 9.97 Å². The summed E-state index contributed by atoms with van der Waals surface area (Å²) in [6, 6.07) is 0. The summed E-state index contributed by atoms with van der Waals surface area (Å²) >= 11 is 3.98. The Labute approximate surface area is 88.4 Å². The summed E-state index contributed by atoms with van der Waals surface area (Å²) in [5.41, 5.74) is 0.532. The molecule has 14 heavy (non-hydrogen) atoms. The van der Waals surface area contributed by atoms with Crippen LogP contribution in [-0.4, -0.2) is 32.0 Å². The Hall–Kier alpha value is -0.650. The van der Waals surface area contributed by atoms with E-state index >= 15 is 0 Å². The van der Waals surface area contributed by atoms with E-state index in [-0.39, 0.29) is 0 Å². The van der Waals surface area contributed by atoms with Crippen molar-refractivity contribution in [3.05, 3.63) is 23.8 Å². The third-order valence-corrected chi connectivity index (χ3v) is 2.19. The van der Waals surface area contributed by atoms with Gasteiger partial charge in [-0.15, -0.1) is 0 Å². The van der Waals surface area contributed by atoms with Gasteiger partial charge in [0.1, 0.15) is 11.9 Å². The first-order valence-corrected chi connectivity index (χ1v) is 5.04. The minimum absolute atomic E-state index is 0.443. The second-order valence-electron chi connectivity index (χ2n) is 3.09. The number of aryl methyl sites for hydroxylation is 1. The van der Waals surface area contributed by atoms with Crippen molar-refractivity contribution in [3.8, 4) is 0 Å². The predicted molar refractivity (Wildman–Crippen MR) is 56.2 cm³/mol. The molecule has 0 radical (unpaired) electrons. The second-order valence-corrected chi connectivity index (χ2v) is 3.54. The lowest BCUT2D eigenvalue weighted by molar-refractivity contribution is 0.0168. The van der Waals surface area contributed by atoms with Gasteiger partial charge in [-0.05, 0) is 19.1 Å². The molecule has 0 saturated heterocycles. The van der Waals surface area contributed by atoms with Crippen molar-refractivity contribution < 1.29 is 10.2 Å². The van der Waals surface area contributed by atoms with Crippen LogP contribution in [0.25, 0.3) is 0 Å². The van der Waals surface area contributed by atoms with E-state index in [1.165, 1.54) is 12.4 Å². The zero-order valence-corrected chi connectivity index (χ0v) is 8.85. The molecule has 5 heteroatoms.